The van der Waals surface area contributed by atoms with Gasteiger partial charge >= 0.3 is 0 Å². The molecule has 0 aromatic heterocycles. The number of amides is 3. The van der Waals surface area contributed by atoms with Gasteiger partial charge in [-0.3, -0.25) is 14.4 Å². The van der Waals surface area contributed by atoms with Crippen LogP contribution in [0.4, 0.5) is 10.1 Å². The lowest BCUT2D eigenvalue weighted by Crippen LogP contribution is -2.51. The fraction of sp³-hybridized carbons (Fsp3) is 0.348. The average Bonchev–Trinajstić information content (AvgIpc) is 3.37. The Bertz CT molecular complexity index is 926. The maximum atomic E-state index is 13.3. The van der Waals surface area contributed by atoms with E-state index in [0.29, 0.717) is 11.4 Å². The molecule has 0 N–H and O–H groups in total. The molecular weight excluding hydrogens is 387 g/mol. The molecule has 1 saturated heterocycles. The van der Waals surface area contributed by atoms with E-state index in [0.717, 1.165) is 30.6 Å². The molecule has 30 heavy (non-hydrogen) atoms. The van der Waals surface area contributed by atoms with Crippen LogP contribution in [0.5, 0.6) is 5.75 Å². The van der Waals surface area contributed by atoms with Gasteiger partial charge in [-0.1, -0.05) is 31.0 Å². The van der Waals surface area contributed by atoms with Crippen molar-refractivity contribution in [2.45, 2.75) is 44.2 Å². The predicted molar refractivity (Wildman–Crippen MR) is 108 cm³/mol. The van der Waals surface area contributed by atoms with E-state index < -0.39 is 23.7 Å². The molecule has 6 nitrogen and oxygen atoms in total. The number of ether oxygens (including phenoxy) is 1. The Kier molecular flexibility index (Phi) is 5.79. The Hall–Kier alpha value is -3.22. The molecule has 2 fully saturated rings. The number of imide groups is 1. The number of hydrogen-bond acceptors (Lipinski definition) is 4. The molecule has 0 spiro atoms. The van der Waals surface area contributed by atoms with E-state index >= 15 is 0 Å². The van der Waals surface area contributed by atoms with Crippen molar-refractivity contribution < 1.29 is 23.5 Å². The molecule has 0 radical (unpaired) electrons. The standard InChI is InChI=1S/C23H23FN2O4/c24-16-10-12-18(13-11-16)26-21(27)14-20(23(26)29)25(17-6-4-5-7-17)22(28)15-30-19-8-2-1-3-9-19/h1-3,8-13,17,20H,4-7,14-15H2. The van der Waals surface area contributed by atoms with Crippen LogP contribution in [0.2, 0.25) is 0 Å². The molecule has 156 valence electrons. The Labute approximate surface area is 174 Å². The summed E-state index contributed by atoms with van der Waals surface area (Å²) < 4.78 is 18.9. The highest BCUT2D eigenvalue weighted by Gasteiger charge is 2.46. The Balaban J connectivity index is 1.54. The lowest BCUT2D eigenvalue weighted by molar-refractivity contribution is -0.142. The van der Waals surface area contributed by atoms with Crippen molar-refractivity contribution in [3.8, 4) is 5.75 Å². The second-order valence-corrected chi connectivity index (χ2v) is 7.60. The maximum absolute atomic E-state index is 13.3. The quantitative estimate of drug-likeness (QED) is 0.686. The van der Waals surface area contributed by atoms with Gasteiger partial charge in [0.1, 0.15) is 17.6 Å². The van der Waals surface area contributed by atoms with E-state index in [1.54, 1.807) is 17.0 Å². The largest absolute Gasteiger partial charge is 0.484 e. The zero-order chi connectivity index (χ0) is 21.1. The van der Waals surface area contributed by atoms with Crippen molar-refractivity contribution in [2.75, 3.05) is 11.5 Å². The van der Waals surface area contributed by atoms with E-state index in [1.807, 2.05) is 18.2 Å². The molecule has 7 heteroatoms. The molecule has 1 saturated carbocycles. The third-order valence-corrected chi connectivity index (χ3v) is 5.66. The van der Waals surface area contributed by atoms with Gasteiger partial charge in [-0.05, 0) is 49.2 Å². The molecule has 1 aliphatic heterocycles. The number of nitrogens with zero attached hydrogens (tertiary/aromatic N) is 2. The van der Waals surface area contributed by atoms with Crippen molar-refractivity contribution in [1.29, 1.82) is 0 Å². The van der Waals surface area contributed by atoms with E-state index in [9.17, 15) is 18.8 Å². The number of halogens is 1. The fourth-order valence-corrected chi connectivity index (χ4v) is 4.25. The molecule has 4 rings (SSSR count). The Morgan fingerprint density at radius 1 is 1.03 bits per heavy atom. The topological polar surface area (TPSA) is 66.9 Å². The summed E-state index contributed by atoms with van der Waals surface area (Å²) in [6.07, 6.45) is 3.47. The smallest absolute Gasteiger partial charge is 0.261 e. The van der Waals surface area contributed by atoms with Crippen LogP contribution < -0.4 is 9.64 Å². The van der Waals surface area contributed by atoms with Gasteiger partial charge in [-0.15, -0.1) is 0 Å². The highest BCUT2D eigenvalue weighted by molar-refractivity contribution is 6.23. The summed E-state index contributed by atoms with van der Waals surface area (Å²) in [7, 11) is 0. The van der Waals surface area contributed by atoms with E-state index in [2.05, 4.69) is 0 Å². The number of carbonyl (C=O) groups is 3. The van der Waals surface area contributed by atoms with Gasteiger partial charge < -0.3 is 9.64 Å². The fourth-order valence-electron chi connectivity index (χ4n) is 4.25. The summed E-state index contributed by atoms with van der Waals surface area (Å²) in [5.74, 6) is -1.03. The Morgan fingerprint density at radius 2 is 1.70 bits per heavy atom. The summed E-state index contributed by atoms with van der Waals surface area (Å²) in [4.78, 5) is 41.5. The van der Waals surface area contributed by atoms with Gasteiger partial charge in [-0.25, -0.2) is 9.29 Å². The first-order valence-corrected chi connectivity index (χ1v) is 10.2. The van der Waals surface area contributed by atoms with Crippen molar-refractivity contribution >= 4 is 23.4 Å². The third-order valence-electron chi connectivity index (χ3n) is 5.66. The first-order chi connectivity index (χ1) is 14.5. The van der Waals surface area contributed by atoms with Crippen LogP contribution in [0.15, 0.2) is 54.6 Å². The molecule has 0 bridgehead atoms. The average molecular weight is 410 g/mol. The zero-order valence-corrected chi connectivity index (χ0v) is 16.5. The summed E-state index contributed by atoms with van der Waals surface area (Å²) in [5, 5.41) is 0. The summed E-state index contributed by atoms with van der Waals surface area (Å²) in [5.41, 5.74) is 0.313. The van der Waals surface area contributed by atoms with Crippen molar-refractivity contribution in [3.05, 3.63) is 60.4 Å². The van der Waals surface area contributed by atoms with Crippen LogP contribution in [-0.2, 0) is 14.4 Å². The molecule has 1 heterocycles. The molecular formula is C23H23FN2O4. The van der Waals surface area contributed by atoms with Gasteiger partial charge in [0.05, 0.1) is 12.1 Å². The van der Waals surface area contributed by atoms with E-state index in [-0.39, 0.29) is 25.0 Å². The highest BCUT2D eigenvalue weighted by Crippen LogP contribution is 2.32. The lowest BCUT2D eigenvalue weighted by Gasteiger charge is -2.33. The second-order valence-electron chi connectivity index (χ2n) is 7.60. The minimum atomic E-state index is -0.863. The number of anilines is 1. The van der Waals surface area contributed by atoms with E-state index in [4.69, 9.17) is 4.74 Å². The molecule has 2 aliphatic rings. The SMILES string of the molecule is O=C1CC(N(C(=O)COc2ccccc2)C2CCCC2)C(=O)N1c1ccc(F)cc1. The monoisotopic (exact) mass is 410 g/mol. The summed E-state index contributed by atoms with van der Waals surface area (Å²) in [6.45, 7) is -0.199. The molecule has 1 atom stereocenters. The van der Waals surface area contributed by atoms with Gasteiger partial charge in [0.2, 0.25) is 5.91 Å². The van der Waals surface area contributed by atoms with Crippen molar-refractivity contribution in [2.24, 2.45) is 0 Å². The van der Waals surface area contributed by atoms with Crippen LogP contribution >= 0.6 is 0 Å². The van der Waals surface area contributed by atoms with Crippen LogP contribution in [0.25, 0.3) is 0 Å². The minimum Gasteiger partial charge on any atom is -0.484 e. The molecule has 3 amide bonds. The van der Waals surface area contributed by atoms with Gasteiger partial charge in [0.15, 0.2) is 6.61 Å². The van der Waals surface area contributed by atoms with Crippen LogP contribution in [-0.4, -0.2) is 41.3 Å². The second kappa shape index (κ2) is 8.65. The normalized spacial score (nSPS) is 19.4. The van der Waals surface area contributed by atoms with E-state index in [1.165, 1.54) is 24.3 Å². The number of hydrogen-bond donors (Lipinski definition) is 0. The lowest BCUT2D eigenvalue weighted by atomic mass is 10.1. The van der Waals surface area contributed by atoms with Gasteiger partial charge in [0, 0.05) is 6.04 Å². The Morgan fingerprint density at radius 3 is 2.37 bits per heavy atom. The number of carbonyl (C=O) groups excluding carboxylic acids is 3. The predicted octanol–water partition coefficient (Wildman–Crippen LogP) is 3.31. The first-order valence-electron chi connectivity index (χ1n) is 10.2. The van der Waals surface area contributed by atoms with Gasteiger partial charge in [0.25, 0.3) is 11.8 Å². The zero-order valence-electron chi connectivity index (χ0n) is 16.5. The summed E-state index contributed by atoms with van der Waals surface area (Å²) in [6, 6.07) is 13.2. The minimum absolute atomic E-state index is 0.0796. The number of rotatable bonds is 6. The van der Waals surface area contributed by atoms with Crippen LogP contribution in [0.3, 0.4) is 0 Å². The summed E-state index contributed by atoms with van der Waals surface area (Å²) >= 11 is 0. The van der Waals surface area contributed by atoms with Crippen molar-refractivity contribution in [1.82, 2.24) is 4.90 Å². The molecule has 1 unspecified atom stereocenters. The molecule has 2 aromatic rings. The van der Waals surface area contributed by atoms with Crippen LogP contribution in [0.1, 0.15) is 32.1 Å². The van der Waals surface area contributed by atoms with Crippen LogP contribution in [0, 0.1) is 5.82 Å². The molecule has 1 aliphatic carbocycles. The van der Waals surface area contributed by atoms with Gasteiger partial charge in [-0.2, -0.15) is 0 Å². The number of benzene rings is 2. The molecule has 2 aromatic carbocycles. The number of para-hydroxylation sites is 1. The maximum Gasteiger partial charge on any atom is 0.261 e. The first kappa shape index (κ1) is 20.1. The van der Waals surface area contributed by atoms with Crippen molar-refractivity contribution in [3.63, 3.8) is 0 Å². The third kappa shape index (κ3) is 4.06. The highest BCUT2D eigenvalue weighted by atomic mass is 19.1.